The average molecular weight is 357 g/mol. The van der Waals surface area contributed by atoms with Crippen molar-refractivity contribution in [2.45, 2.75) is 37.8 Å². The largest absolute Gasteiger partial charge is 0.371 e. The average Bonchev–Trinajstić information content (AvgIpc) is 3.33. The Morgan fingerprint density at radius 3 is 3.00 bits per heavy atom. The summed E-state index contributed by atoms with van der Waals surface area (Å²) in [5, 5.41) is 2.99. The van der Waals surface area contributed by atoms with E-state index in [1.54, 1.807) is 12.2 Å². The summed E-state index contributed by atoms with van der Waals surface area (Å²) in [4.78, 5) is 26.1. The summed E-state index contributed by atoms with van der Waals surface area (Å²) in [6.45, 7) is 3.78. The molecule has 0 bridgehead atoms. The van der Waals surface area contributed by atoms with E-state index in [4.69, 9.17) is 4.74 Å². The smallest absolute Gasteiger partial charge is 0.246 e. The van der Waals surface area contributed by atoms with Crippen LogP contribution in [0.2, 0.25) is 0 Å². The zero-order valence-electron chi connectivity index (χ0n) is 15.5. The Balaban J connectivity index is 1.51. The lowest BCUT2D eigenvalue weighted by molar-refractivity contribution is -0.126. The summed E-state index contributed by atoms with van der Waals surface area (Å²) in [5.74, 6) is -0.0677. The molecule has 1 N–H and O–H groups in total. The lowest BCUT2D eigenvalue weighted by atomic mass is 9.97. The fourth-order valence-electron chi connectivity index (χ4n) is 3.62. The monoisotopic (exact) mass is 357 g/mol. The second kappa shape index (κ2) is 7.91. The van der Waals surface area contributed by atoms with E-state index in [2.05, 4.69) is 5.32 Å². The van der Waals surface area contributed by atoms with Crippen LogP contribution in [-0.4, -0.2) is 52.6 Å². The summed E-state index contributed by atoms with van der Waals surface area (Å²) in [7, 11) is 1.95. The number of allylic oxidation sites excluding steroid dienone is 1. The third-order valence-electron chi connectivity index (χ3n) is 4.96. The van der Waals surface area contributed by atoms with Crippen LogP contribution in [0.4, 0.5) is 0 Å². The van der Waals surface area contributed by atoms with Gasteiger partial charge in [-0.05, 0) is 36.6 Å². The molecular weight excluding hydrogens is 330 g/mol. The van der Waals surface area contributed by atoms with Gasteiger partial charge in [0.05, 0.1) is 24.8 Å². The van der Waals surface area contributed by atoms with Crippen molar-refractivity contribution in [3.05, 3.63) is 42.3 Å². The summed E-state index contributed by atoms with van der Waals surface area (Å²) in [6, 6.07) is 1.98. The van der Waals surface area contributed by atoms with Crippen molar-refractivity contribution in [1.82, 2.24) is 14.8 Å². The molecule has 1 aromatic heterocycles. The minimum atomic E-state index is -0.317. The molecule has 2 aliphatic heterocycles. The Kier molecular flexibility index (Phi) is 5.61. The van der Waals surface area contributed by atoms with Gasteiger partial charge in [-0.3, -0.25) is 9.59 Å². The topological polar surface area (TPSA) is 63.6 Å². The van der Waals surface area contributed by atoms with E-state index < -0.39 is 0 Å². The quantitative estimate of drug-likeness (QED) is 0.819. The number of amides is 2. The molecule has 2 fully saturated rings. The first-order chi connectivity index (χ1) is 12.5. The molecule has 2 saturated heterocycles. The molecule has 6 heteroatoms. The number of ether oxygens (including phenoxy) is 1. The fourth-order valence-corrected chi connectivity index (χ4v) is 3.62. The fraction of sp³-hybridized carbons (Fsp3) is 0.500. The number of hydrogen-bond donors (Lipinski definition) is 1. The van der Waals surface area contributed by atoms with Crippen molar-refractivity contribution in [2.24, 2.45) is 7.05 Å². The summed E-state index contributed by atoms with van der Waals surface area (Å²) >= 11 is 0. The molecule has 0 radical (unpaired) electrons. The van der Waals surface area contributed by atoms with Crippen LogP contribution in [0.15, 0.2) is 36.7 Å². The van der Waals surface area contributed by atoms with Gasteiger partial charge >= 0.3 is 0 Å². The van der Waals surface area contributed by atoms with E-state index in [-0.39, 0.29) is 23.5 Å². The van der Waals surface area contributed by atoms with E-state index in [1.165, 1.54) is 0 Å². The molecule has 2 unspecified atom stereocenters. The van der Waals surface area contributed by atoms with Gasteiger partial charge in [0.1, 0.15) is 0 Å². The van der Waals surface area contributed by atoms with Gasteiger partial charge in [-0.15, -0.1) is 0 Å². The van der Waals surface area contributed by atoms with Crippen molar-refractivity contribution < 1.29 is 14.3 Å². The first kappa shape index (κ1) is 18.5. The highest BCUT2D eigenvalue weighted by atomic mass is 16.5. The molecule has 6 nitrogen and oxygen atoms in total. The lowest BCUT2D eigenvalue weighted by Gasteiger charge is -2.22. The molecule has 0 aliphatic carbocycles. The predicted molar refractivity (Wildman–Crippen MR) is 100 cm³/mol. The molecular formula is C20H27N3O3. The first-order valence-electron chi connectivity index (χ1n) is 9.20. The number of nitrogens with zero attached hydrogens (tertiary/aromatic N) is 2. The van der Waals surface area contributed by atoms with Gasteiger partial charge in [0.15, 0.2) is 0 Å². The molecule has 3 heterocycles. The third kappa shape index (κ3) is 4.43. The second-order valence-corrected chi connectivity index (χ2v) is 7.17. The highest BCUT2D eigenvalue weighted by Gasteiger charge is 2.46. The zero-order valence-corrected chi connectivity index (χ0v) is 15.5. The number of carbonyl (C=O) groups excluding carboxylic acids is 2. The van der Waals surface area contributed by atoms with Gasteiger partial charge in [0.25, 0.3) is 0 Å². The number of hydrogen-bond acceptors (Lipinski definition) is 3. The number of rotatable bonds is 5. The number of nitrogens with one attached hydrogen (secondary N) is 1. The molecule has 0 aromatic carbocycles. The second-order valence-electron chi connectivity index (χ2n) is 7.17. The van der Waals surface area contributed by atoms with Crippen LogP contribution in [0, 0.1) is 0 Å². The Hall–Kier alpha value is -2.34. The summed E-state index contributed by atoms with van der Waals surface area (Å²) < 4.78 is 7.96. The van der Waals surface area contributed by atoms with Crippen LogP contribution in [0.3, 0.4) is 0 Å². The van der Waals surface area contributed by atoms with Crippen molar-refractivity contribution >= 4 is 17.9 Å². The van der Waals surface area contributed by atoms with Crippen LogP contribution < -0.4 is 5.32 Å². The molecule has 1 aromatic rings. The highest BCUT2D eigenvalue weighted by molar-refractivity contribution is 5.92. The first-order valence-corrected chi connectivity index (χ1v) is 9.20. The SMILES string of the molecule is CC/C=C/C(=O)NC1COC2(CCN(C(=O)/C=C/c3ccn(C)c3)C2)C1. The molecule has 2 amide bonds. The number of likely N-dealkylation sites (tertiary alicyclic amines) is 1. The van der Waals surface area contributed by atoms with Crippen LogP contribution in [-0.2, 0) is 21.4 Å². The number of carbonyl (C=O) groups is 2. The van der Waals surface area contributed by atoms with Crippen molar-refractivity contribution in [1.29, 1.82) is 0 Å². The van der Waals surface area contributed by atoms with Gasteiger partial charge in [-0.2, -0.15) is 0 Å². The maximum atomic E-state index is 12.4. The molecule has 26 heavy (non-hydrogen) atoms. The van der Waals surface area contributed by atoms with Gasteiger partial charge < -0.3 is 19.5 Å². The standard InChI is InChI=1S/C20H27N3O3/c1-3-4-5-18(24)21-17-12-20(26-14-17)9-11-23(15-20)19(25)7-6-16-8-10-22(2)13-16/h4-8,10,13,17H,3,9,11-12,14-15H2,1-2H3,(H,21,24)/b5-4+,7-6+. The highest BCUT2D eigenvalue weighted by Crippen LogP contribution is 2.35. The van der Waals surface area contributed by atoms with Crippen molar-refractivity contribution in [3.8, 4) is 0 Å². The Morgan fingerprint density at radius 2 is 2.27 bits per heavy atom. The molecule has 0 saturated carbocycles. The van der Waals surface area contributed by atoms with Crippen LogP contribution in [0.25, 0.3) is 6.08 Å². The summed E-state index contributed by atoms with van der Waals surface area (Å²) in [6.07, 6.45) is 13.2. The zero-order chi connectivity index (χ0) is 18.6. The molecule has 2 aliphatic rings. The Bertz CT molecular complexity index is 722. The Morgan fingerprint density at radius 1 is 1.42 bits per heavy atom. The molecule has 140 valence electrons. The van der Waals surface area contributed by atoms with E-state index >= 15 is 0 Å². The molecule has 1 spiro atoms. The number of aryl methyl sites for hydroxylation is 1. The minimum Gasteiger partial charge on any atom is -0.371 e. The number of aromatic nitrogens is 1. The van der Waals surface area contributed by atoms with E-state index in [0.717, 1.165) is 24.8 Å². The van der Waals surface area contributed by atoms with Crippen molar-refractivity contribution in [3.63, 3.8) is 0 Å². The Labute approximate surface area is 154 Å². The maximum Gasteiger partial charge on any atom is 0.246 e. The van der Waals surface area contributed by atoms with Crippen molar-refractivity contribution in [2.75, 3.05) is 19.7 Å². The van der Waals surface area contributed by atoms with Gasteiger partial charge in [-0.1, -0.05) is 13.0 Å². The van der Waals surface area contributed by atoms with E-state index in [0.29, 0.717) is 19.7 Å². The van der Waals surface area contributed by atoms with E-state index in [9.17, 15) is 9.59 Å². The van der Waals surface area contributed by atoms with E-state index in [1.807, 2.05) is 54.1 Å². The molecule has 3 rings (SSSR count). The predicted octanol–water partition coefficient (Wildman–Crippen LogP) is 1.88. The molecule has 2 atom stereocenters. The van der Waals surface area contributed by atoms with Crippen LogP contribution in [0.1, 0.15) is 31.7 Å². The van der Waals surface area contributed by atoms with Crippen LogP contribution in [0.5, 0.6) is 0 Å². The summed E-state index contributed by atoms with van der Waals surface area (Å²) in [5.41, 5.74) is 0.692. The van der Waals surface area contributed by atoms with Gasteiger partial charge in [0, 0.05) is 38.5 Å². The van der Waals surface area contributed by atoms with Gasteiger partial charge in [0.2, 0.25) is 11.8 Å². The third-order valence-corrected chi connectivity index (χ3v) is 4.96. The normalized spacial score (nSPS) is 25.8. The lowest BCUT2D eigenvalue weighted by Crippen LogP contribution is -2.38. The maximum absolute atomic E-state index is 12.4. The minimum absolute atomic E-state index is 0.00712. The van der Waals surface area contributed by atoms with Crippen LogP contribution >= 0.6 is 0 Å². The van der Waals surface area contributed by atoms with Gasteiger partial charge in [-0.25, -0.2) is 0 Å².